The Balaban J connectivity index is 1.62. The fourth-order valence-electron chi connectivity index (χ4n) is 3.40. The number of hydrogen-bond donors (Lipinski definition) is 1. The van der Waals surface area contributed by atoms with Gasteiger partial charge in [0.05, 0.1) is 12.3 Å². The monoisotopic (exact) mass is 360 g/mol. The van der Waals surface area contributed by atoms with Crippen molar-refractivity contribution in [3.63, 3.8) is 0 Å². The first-order chi connectivity index (χ1) is 12.1. The quantitative estimate of drug-likeness (QED) is 0.888. The summed E-state index contributed by atoms with van der Waals surface area (Å²) >= 11 is 1.03. The number of carbonyl (C=O) groups excluding carboxylic acids is 3. The van der Waals surface area contributed by atoms with Gasteiger partial charge in [-0.1, -0.05) is 56.0 Å². The molecule has 1 aliphatic carbocycles. The van der Waals surface area contributed by atoms with E-state index in [0.717, 1.165) is 30.2 Å². The maximum absolute atomic E-state index is 12.6. The van der Waals surface area contributed by atoms with E-state index in [1.165, 1.54) is 37.0 Å². The highest BCUT2D eigenvalue weighted by Gasteiger charge is 2.29. The molecule has 0 atom stereocenters. The van der Waals surface area contributed by atoms with Crippen LogP contribution >= 0.6 is 11.8 Å². The highest BCUT2D eigenvalue weighted by Crippen LogP contribution is 2.22. The second-order valence-corrected chi connectivity index (χ2v) is 7.68. The fourth-order valence-corrected chi connectivity index (χ4v) is 4.12. The van der Waals surface area contributed by atoms with Gasteiger partial charge in [0, 0.05) is 11.6 Å². The first-order valence-electron chi connectivity index (χ1n) is 9.00. The van der Waals surface area contributed by atoms with Crippen molar-refractivity contribution in [1.29, 1.82) is 0 Å². The second-order valence-electron chi connectivity index (χ2n) is 6.75. The number of nitrogens with one attached hydrogen (secondary N) is 1. The van der Waals surface area contributed by atoms with Crippen LogP contribution in [0.5, 0.6) is 0 Å². The lowest BCUT2D eigenvalue weighted by atomic mass is 9.96. The molecule has 3 amide bonds. The lowest BCUT2D eigenvalue weighted by molar-refractivity contribution is -0.125. The zero-order valence-electron chi connectivity index (χ0n) is 14.3. The lowest BCUT2D eigenvalue weighted by Gasteiger charge is -2.21. The molecule has 6 heteroatoms. The zero-order chi connectivity index (χ0) is 17.6. The van der Waals surface area contributed by atoms with Gasteiger partial charge in [-0.25, -0.2) is 0 Å². The minimum Gasteiger partial charge on any atom is -0.349 e. The lowest BCUT2D eigenvalue weighted by Crippen LogP contribution is -2.35. The van der Waals surface area contributed by atoms with Crippen molar-refractivity contribution >= 4 is 28.8 Å². The van der Waals surface area contributed by atoms with Gasteiger partial charge in [0.1, 0.15) is 0 Å². The molecule has 0 spiro atoms. The molecule has 0 bridgehead atoms. The molecule has 1 aliphatic heterocycles. The van der Waals surface area contributed by atoms with Gasteiger partial charge in [0.25, 0.3) is 11.1 Å². The number of benzene rings is 1. The molecule has 0 unspecified atom stereocenters. The third kappa shape index (κ3) is 4.84. The number of nitrogens with zero attached hydrogens (tertiary/aromatic N) is 1. The van der Waals surface area contributed by atoms with E-state index in [4.69, 9.17) is 0 Å². The van der Waals surface area contributed by atoms with Crippen molar-refractivity contribution in [2.24, 2.45) is 0 Å². The molecule has 3 rings (SSSR count). The number of hydrogen-bond acceptors (Lipinski definition) is 4. The molecule has 134 valence electrons. The SMILES string of the molecule is O=C(NC1CCCCCCC1)c1cccc(CN2C(=O)CSC2=O)c1. The van der Waals surface area contributed by atoms with E-state index in [2.05, 4.69) is 5.32 Å². The molecule has 2 fully saturated rings. The van der Waals surface area contributed by atoms with E-state index in [1.54, 1.807) is 18.2 Å². The summed E-state index contributed by atoms with van der Waals surface area (Å²) in [4.78, 5) is 37.3. The van der Waals surface area contributed by atoms with Gasteiger partial charge in [0.2, 0.25) is 5.91 Å². The summed E-state index contributed by atoms with van der Waals surface area (Å²) in [6, 6.07) is 7.46. The van der Waals surface area contributed by atoms with Crippen LogP contribution in [0.2, 0.25) is 0 Å². The Morgan fingerprint density at radius 3 is 2.52 bits per heavy atom. The summed E-state index contributed by atoms with van der Waals surface area (Å²) in [5, 5.41) is 2.94. The van der Waals surface area contributed by atoms with Crippen LogP contribution in [0.25, 0.3) is 0 Å². The van der Waals surface area contributed by atoms with Gasteiger partial charge in [-0.05, 0) is 30.5 Å². The van der Waals surface area contributed by atoms with E-state index >= 15 is 0 Å². The minimum absolute atomic E-state index is 0.0686. The topological polar surface area (TPSA) is 66.5 Å². The average molecular weight is 360 g/mol. The van der Waals surface area contributed by atoms with Crippen LogP contribution in [-0.4, -0.2) is 33.7 Å². The van der Waals surface area contributed by atoms with Gasteiger partial charge in [0.15, 0.2) is 0 Å². The van der Waals surface area contributed by atoms with Gasteiger partial charge in [-0.2, -0.15) is 0 Å². The molecule has 0 aromatic heterocycles. The van der Waals surface area contributed by atoms with Crippen molar-refractivity contribution in [2.45, 2.75) is 57.5 Å². The molecule has 2 aliphatic rings. The van der Waals surface area contributed by atoms with Gasteiger partial charge >= 0.3 is 0 Å². The summed E-state index contributed by atoms with van der Waals surface area (Å²) in [5.74, 6) is -0.0269. The van der Waals surface area contributed by atoms with E-state index in [1.807, 2.05) is 6.07 Å². The van der Waals surface area contributed by atoms with E-state index in [-0.39, 0.29) is 35.4 Å². The molecular weight excluding hydrogens is 336 g/mol. The second kappa shape index (κ2) is 8.52. The molecule has 25 heavy (non-hydrogen) atoms. The molecule has 1 N–H and O–H groups in total. The number of imide groups is 1. The molecule has 0 radical (unpaired) electrons. The Bertz CT molecular complexity index is 638. The standard InChI is InChI=1S/C19H24N2O3S/c22-17-13-25-19(24)21(17)12-14-7-6-8-15(11-14)18(23)20-16-9-4-2-1-3-5-10-16/h6-8,11,16H,1-5,9-10,12-13H2,(H,20,23). The van der Waals surface area contributed by atoms with Crippen LogP contribution in [0.4, 0.5) is 4.79 Å². The van der Waals surface area contributed by atoms with Crippen molar-refractivity contribution in [3.05, 3.63) is 35.4 Å². The highest BCUT2D eigenvalue weighted by molar-refractivity contribution is 8.14. The Hall–Kier alpha value is -1.82. The van der Waals surface area contributed by atoms with E-state index in [9.17, 15) is 14.4 Å². The Labute approximate surface area is 152 Å². The summed E-state index contributed by atoms with van der Waals surface area (Å²) in [5.41, 5.74) is 1.39. The van der Waals surface area contributed by atoms with Crippen LogP contribution in [0, 0.1) is 0 Å². The largest absolute Gasteiger partial charge is 0.349 e. The molecule has 1 aromatic carbocycles. The summed E-state index contributed by atoms with van der Waals surface area (Å²) in [6.45, 7) is 0.231. The van der Waals surface area contributed by atoms with Crippen LogP contribution in [0.1, 0.15) is 60.9 Å². The first-order valence-corrected chi connectivity index (χ1v) is 9.99. The molecule has 1 aromatic rings. The normalized spacial score (nSPS) is 19.6. The summed E-state index contributed by atoms with van der Waals surface area (Å²) in [6.07, 6.45) is 8.22. The van der Waals surface area contributed by atoms with Gasteiger partial charge in [-0.3, -0.25) is 19.3 Å². The highest BCUT2D eigenvalue weighted by atomic mass is 32.2. The number of carbonyl (C=O) groups is 3. The number of amides is 3. The Morgan fingerprint density at radius 1 is 1.12 bits per heavy atom. The van der Waals surface area contributed by atoms with E-state index < -0.39 is 0 Å². The third-order valence-corrected chi connectivity index (χ3v) is 5.67. The maximum atomic E-state index is 12.6. The Kier molecular flexibility index (Phi) is 6.13. The first kappa shape index (κ1) is 18.0. The predicted octanol–water partition coefficient (Wildman–Crippen LogP) is 3.72. The van der Waals surface area contributed by atoms with Crippen molar-refractivity contribution in [2.75, 3.05) is 5.75 Å². The van der Waals surface area contributed by atoms with E-state index in [0.29, 0.717) is 5.56 Å². The third-order valence-electron chi connectivity index (χ3n) is 4.81. The minimum atomic E-state index is -0.214. The van der Waals surface area contributed by atoms with Gasteiger partial charge < -0.3 is 5.32 Å². The number of thioether (sulfide) groups is 1. The zero-order valence-corrected chi connectivity index (χ0v) is 15.1. The molecule has 5 nitrogen and oxygen atoms in total. The van der Waals surface area contributed by atoms with Crippen molar-refractivity contribution in [3.8, 4) is 0 Å². The predicted molar refractivity (Wildman–Crippen MR) is 98.4 cm³/mol. The van der Waals surface area contributed by atoms with Crippen molar-refractivity contribution < 1.29 is 14.4 Å². The average Bonchev–Trinajstić information content (AvgIpc) is 2.89. The van der Waals surface area contributed by atoms with Crippen molar-refractivity contribution in [1.82, 2.24) is 10.2 Å². The number of rotatable bonds is 4. The summed E-state index contributed by atoms with van der Waals surface area (Å²) in [7, 11) is 0. The van der Waals surface area contributed by atoms with Crippen LogP contribution in [-0.2, 0) is 11.3 Å². The van der Waals surface area contributed by atoms with Crippen LogP contribution < -0.4 is 5.32 Å². The Morgan fingerprint density at radius 2 is 1.84 bits per heavy atom. The van der Waals surface area contributed by atoms with Crippen LogP contribution in [0.15, 0.2) is 24.3 Å². The molecule has 1 heterocycles. The smallest absolute Gasteiger partial charge is 0.289 e. The molecule has 1 saturated carbocycles. The summed E-state index contributed by atoms with van der Waals surface area (Å²) < 4.78 is 0. The molecule has 1 saturated heterocycles. The maximum Gasteiger partial charge on any atom is 0.289 e. The molecular formula is C19H24N2O3S. The van der Waals surface area contributed by atoms with Crippen LogP contribution in [0.3, 0.4) is 0 Å². The fraction of sp³-hybridized carbons (Fsp3) is 0.526. The van der Waals surface area contributed by atoms with Gasteiger partial charge in [-0.15, -0.1) is 0 Å².